The van der Waals surface area contributed by atoms with Crippen molar-refractivity contribution in [2.24, 2.45) is 0 Å². The lowest BCUT2D eigenvalue weighted by Gasteiger charge is -2.39. The van der Waals surface area contributed by atoms with E-state index in [1.54, 1.807) is 12.1 Å². The molecular weight excluding hydrogens is 296 g/mol. The van der Waals surface area contributed by atoms with Gasteiger partial charge < -0.3 is 34.6 Å². The number of ether oxygens (including phenoxy) is 3. The maximum atomic E-state index is 11.7. The maximum absolute atomic E-state index is 11.7. The Morgan fingerprint density at radius 2 is 1.86 bits per heavy atom. The third-order valence-corrected chi connectivity index (χ3v) is 3.38. The molecule has 0 unspecified atom stereocenters. The predicted molar refractivity (Wildman–Crippen MR) is 72.2 cm³/mol. The number of carbonyl (C=O) groups is 1. The summed E-state index contributed by atoms with van der Waals surface area (Å²) in [5, 5.41) is 38.4. The molecule has 5 atom stereocenters. The van der Waals surface area contributed by atoms with Crippen LogP contribution in [-0.2, 0) is 9.47 Å². The normalized spacial score (nSPS) is 31.6. The van der Waals surface area contributed by atoms with Crippen molar-refractivity contribution < 1.29 is 39.4 Å². The number of esters is 1. The van der Waals surface area contributed by atoms with E-state index in [4.69, 9.17) is 14.6 Å². The van der Waals surface area contributed by atoms with Gasteiger partial charge in [-0.1, -0.05) is 12.1 Å². The molecule has 0 bridgehead atoms. The van der Waals surface area contributed by atoms with Gasteiger partial charge in [-0.15, -0.1) is 0 Å². The Labute approximate surface area is 126 Å². The Hall–Kier alpha value is -1.71. The molecule has 1 aromatic carbocycles. The summed E-state index contributed by atoms with van der Waals surface area (Å²) < 4.78 is 15.3. The van der Waals surface area contributed by atoms with Crippen molar-refractivity contribution in [2.45, 2.75) is 30.7 Å². The van der Waals surface area contributed by atoms with E-state index >= 15 is 0 Å². The monoisotopic (exact) mass is 314 g/mol. The van der Waals surface area contributed by atoms with E-state index in [0.29, 0.717) is 0 Å². The Kier molecular flexibility index (Phi) is 5.33. The number of hydrogen-bond donors (Lipinski definition) is 4. The first kappa shape index (κ1) is 16.7. The largest absolute Gasteiger partial charge is 0.465 e. The number of methoxy groups -OCH3 is 1. The summed E-state index contributed by atoms with van der Waals surface area (Å²) in [4.78, 5) is 11.7. The summed E-state index contributed by atoms with van der Waals surface area (Å²) in [5.74, 6) is -0.557. The summed E-state index contributed by atoms with van der Waals surface area (Å²) in [6, 6.07) is 6.14. The number of aliphatic hydroxyl groups is 4. The van der Waals surface area contributed by atoms with Gasteiger partial charge in [-0.2, -0.15) is 0 Å². The second kappa shape index (κ2) is 7.03. The highest BCUT2D eigenvalue weighted by Gasteiger charge is 2.44. The first-order valence-electron chi connectivity index (χ1n) is 6.64. The van der Waals surface area contributed by atoms with Crippen molar-refractivity contribution in [3.63, 3.8) is 0 Å². The minimum Gasteiger partial charge on any atom is -0.465 e. The lowest BCUT2D eigenvalue weighted by atomic mass is 9.99. The molecule has 1 aliphatic heterocycles. The molecular formula is C14H18O8. The minimum absolute atomic E-state index is 0.0821. The van der Waals surface area contributed by atoms with Gasteiger partial charge in [0.1, 0.15) is 35.7 Å². The van der Waals surface area contributed by atoms with Gasteiger partial charge in [0, 0.05) is 0 Å². The molecule has 122 valence electrons. The average Bonchev–Trinajstić information content (AvgIpc) is 2.55. The topological polar surface area (TPSA) is 126 Å². The second-order valence-corrected chi connectivity index (χ2v) is 4.80. The summed E-state index contributed by atoms with van der Waals surface area (Å²) in [7, 11) is 1.22. The number of aliphatic hydroxyl groups excluding tert-OH is 4. The van der Waals surface area contributed by atoms with Crippen molar-refractivity contribution in [2.75, 3.05) is 13.7 Å². The summed E-state index contributed by atoms with van der Waals surface area (Å²) >= 11 is 0. The minimum atomic E-state index is -1.55. The van der Waals surface area contributed by atoms with Crippen LogP contribution in [-0.4, -0.2) is 70.8 Å². The first-order chi connectivity index (χ1) is 10.5. The standard InChI is InChI=1S/C14H18O8/c1-20-13(19)7-4-2-3-5-8(7)21-14-12(18)11(17)10(16)9(6-15)22-14/h2-5,9-12,14-18H,6H2,1H3/t9-,10-,11+,12-,14+/m1/s1. The Morgan fingerprint density at radius 3 is 2.50 bits per heavy atom. The molecule has 1 aliphatic rings. The highest BCUT2D eigenvalue weighted by atomic mass is 16.7. The molecule has 0 saturated carbocycles. The molecule has 0 aliphatic carbocycles. The molecule has 1 heterocycles. The SMILES string of the molecule is COC(=O)c1ccccc1O[C@H]1O[C@H](CO)[C@@H](O)[C@H](O)[C@H]1O. The predicted octanol–water partition coefficient (Wildman–Crippen LogP) is -1.35. The van der Waals surface area contributed by atoms with E-state index < -0.39 is 43.3 Å². The summed E-state index contributed by atoms with van der Waals surface area (Å²) in [6.45, 7) is -0.566. The van der Waals surface area contributed by atoms with Gasteiger partial charge >= 0.3 is 5.97 Å². The molecule has 22 heavy (non-hydrogen) atoms. The fourth-order valence-corrected chi connectivity index (χ4v) is 2.14. The van der Waals surface area contributed by atoms with Crippen molar-refractivity contribution in [1.82, 2.24) is 0 Å². The van der Waals surface area contributed by atoms with Crippen molar-refractivity contribution >= 4 is 5.97 Å². The molecule has 4 N–H and O–H groups in total. The number of carbonyl (C=O) groups excluding carboxylic acids is 1. The number of benzene rings is 1. The third kappa shape index (κ3) is 3.21. The average molecular weight is 314 g/mol. The van der Waals surface area contributed by atoms with E-state index in [1.165, 1.54) is 19.2 Å². The van der Waals surface area contributed by atoms with Crippen molar-refractivity contribution in [3.8, 4) is 5.75 Å². The van der Waals surface area contributed by atoms with Gasteiger partial charge in [0.15, 0.2) is 0 Å². The quantitative estimate of drug-likeness (QED) is 0.503. The summed E-state index contributed by atoms with van der Waals surface area (Å²) in [5.41, 5.74) is 0.113. The zero-order valence-corrected chi connectivity index (χ0v) is 11.8. The van der Waals surface area contributed by atoms with Crippen LogP contribution in [0.4, 0.5) is 0 Å². The van der Waals surface area contributed by atoms with Crippen molar-refractivity contribution in [3.05, 3.63) is 29.8 Å². The van der Waals surface area contributed by atoms with Crippen LogP contribution in [0.2, 0.25) is 0 Å². The first-order valence-corrected chi connectivity index (χ1v) is 6.64. The Bertz CT molecular complexity index is 517. The molecule has 8 heteroatoms. The van der Waals surface area contributed by atoms with Crippen molar-refractivity contribution in [1.29, 1.82) is 0 Å². The van der Waals surface area contributed by atoms with E-state index in [-0.39, 0.29) is 11.3 Å². The highest BCUT2D eigenvalue weighted by Crippen LogP contribution is 2.26. The van der Waals surface area contributed by atoms with Crippen LogP contribution in [0.1, 0.15) is 10.4 Å². The van der Waals surface area contributed by atoms with E-state index in [9.17, 15) is 20.1 Å². The van der Waals surface area contributed by atoms with Crippen LogP contribution in [0.25, 0.3) is 0 Å². The van der Waals surface area contributed by atoms with E-state index in [2.05, 4.69) is 4.74 Å². The third-order valence-electron chi connectivity index (χ3n) is 3.38. The Balaban J connectivity index is 2.21. The van der Waals surface area contributed by atoms with Gasteiger partial charge in [-0.3, -0.25) is 0 Å². The molecule has 1 aromatic rings. The second-order valence-electron chi connectivity index (χ2n) is 4.80. The van der Waals surface area contributed by atoms with Crippen LogP contribution >= 0.6 is 0 Å². The van der Waals surface area contributed by atoms with E-state index in [1.807, 2.05) is 0 Å². The molecule has 0 amide bonds. The fraction of sp³-hybridized carbons (Fsp3) is 0.500. The fourth-order valence-electron chi connectivity index (χ4n) is 2.14. The molecule has 0 spiro atoms. The van der Waals surface area contributed by atoms with Gasteiger partial charge in [0.05, 0.1) is 13.7 Å². The van der Waals surface area contributed by atoms with Gasteiger partial charge in [0.2, 0.25) is 6.29 Å². The van der Waals surface area contributed by atoms with Gasteiger partial charge in [-0.25, -0.2) is 4.79 Å². The van der Waals surface area contributed by atoms with Crippen LogP contribution in [0.5, 0.6) is 5.75 Å². The zero-order chi connectivity index (χ0) is 16.3. The zero-order valence-electron chi connectivity index (χ0n) is 11.8. The van der Waals surface area contributed by atoms with Gasteiger partial charge in [-0.05, 0) is 12.1 Å². The Morgan fingerprint density at radius 1 is 1.18 bits per heavy atom. The van der Waals surface area contributed by atoms with E-state index in [0.717, 1.165) is 0 Å². The van der Waals surface area contributed by atoms with Crippen LogP contribution < -0.4 is 4.74 Å². The van der Waals surface area contributed by atoms with Crippen LogP contribution in [0, 0.1) is 0 Å². The molecule has 0 radical (unpaired) electrons. The molecule has 1 saturated heterocycles. The lowest BCUT2D eigenvalue weighted by Crippen LogP contribution is -2.60. The smallest absolute Gasteiger partial charge is 0.341 e. The maximum Gasteiger partial charge on any atom is 0.341 e. The molecule has 2 rings (SSSR count). The molecule has 0 aromatic heterocycles. The van der Waals surface area contributed by atoms with Crippen LogP contribution in [0.3, 0.4) is 0 Å². The highest BCUT2D eigenvalue weighted by molar-refractivity contribution is 5.92. The number of rotatable bonds is 4. The number of hydrogen-bond acceptors (Lipinski definition) is 8. The number of para-hydroxylation sites is 1. The van der Waals surface area contributed by atoms with Gasteiger partial charge in [0.25, 0.3) is 0 Å². The molecule has 1 fully saturated rings. The summed E-state index contributed by atoms with van der Waals surface area (Å²) in [6.07, 6.45) is -7.03. The molecule has 8 nitrogen and oxygen atoms in total. The van der Waals surface area contributed by atoms with Crippen LogP contribution in [0.15, 0.2) is 24.3 Å². The lowest BCUT2D eigenvalue weighted by molar-refractivity contribution is -0.277.